The number of hydrogen-bond acceptors (Lipinski definition) is 3. The molecule has 0 aromatic carbocycles. The molecule has 0 bridgehead atoms. The lowest BCUT2D eigenvalue weighted by molar-refractivity contribution is -0.137. The van der Waals surface area contributed by atoms with Crippen LogP contribution >= 0.6 is 0 Å². The van der Waals surface area contributed by atoms with Gasteiger partial charge in [0.05, 0.1) is 12.2 Å². The summed E-state index contributed by atoms with van der Waals surface area (Å²) in [4.78, 5) is 10.3. The van der Waals surface area contributed by atoms with Crippen LogP contribution in [0, 0.1) is 0 Å². The van der Waals surface area contributed by atoms with Gasteiger partial charge in [0.2, 0.25) is 0 Å². The third-order valence-electron chi connectivity index (χ3n) is 3.43. The molecule has 22 heavy (non-hydrogen) atoms. The van der Waals surface area contributed by atoms with E-state index in [-0.39, 0.29) is 12.5 Å². The summed E-state index contributed by atoms with van der Waals surface area (Å²) in [6.45, 7) is 1.81. The molecule has 2 atom stereocenters. The number of allylic oxidation sites excluding steroid dienone is 3. The van der Waals surface area contributed by atoms with Gasteiger partial charge in [0, 0.05) is 6.42 Å². The summed E-state index contributed by atoms with van der Waals surface area (Å²) in [5.41, 5.74) is 0. The van der Waals surface area contributed by atoms with Crippen molar-refractivity contribution in [1.82, 2.24) is 0 Å². The second-order valence-corrected chi connectivity index (χ2v) is 5.83. The normalized spacial score (nSPS) is 14.7. The quantitative estimate of drug-likeness (QED) is 0.336. The van der Waals surface area contributed by atoms with Crippen molar-refractivity contribution in [3.63, 3.8) is 0 Å². The predicted octanol–water partition coefficient (Wildman–Crippen LogP) is 3.83. The number of carboxylic acids is 1. The van der Waals surface area contributed by atoms with Crippen LogP contribution < -0.4 is 0 Å². The number of aliphatic hydroxyl groups is 2. The van der Waals surface area contributed by atoms with Gasteiger partial charge < -0.3 is 15.3 Å². The molecule has 0 radical (unpaired) electrons. The molecule has 0 saturated heterocycles. The van der Waals surface area contributed by atoms with Crippen molar-refractivity contribution >= 4 is 5.97 Å². The zero-order valence-electron chi connectivity index (χ0n) is 13.8. The lowest BCUT2D eigenvalue weighted by Gasteiger charge is -2.04. The molecule has 0 fully saturated rings. The fourth-order valence-electron chi connectivity index (χ4n) is 2.14. The summed E-state index contributed by atoms with van der Waals surface area (Å²) < 4.78 is 0. The van der Waals surface area contributed by atoms with Gasteiger partial charge in [0.1, 0.15) is 0 Å². The number of carbonyl (C=O) groups is 1. The summed E-state index contributed by atoms with van der Waals surface area (Å²) in [6, 6.07) is 0. The van der Waals surface area contributed by atoms with Crippen molar-refractivity contribution in [1.29, 1.82) is 0 Å². The molecule has 4 nitrogen and oxygen atoms in total. The van der Waals surface area contributed by atoms with Gasteiger partial charge in [-0.25, -0.2) is 0 Å². The first-order chi connectivity index (χ1) is 10.5. The predicted molar refractivity (Wildman–Crippen MR) is 89.8 cm³/mol. The highest BCUT2D eigenvalue weighted by atomic mass is 16.4. The lowest BCUT2D eigenvalue weighted by atomic mass is 10.1. The Hall–Kier alpha value is -1.13. The number of hydrogen-bond donors (Lipinski definition) is 3. The average molecular weight is 312 g/mol. The number of aliphatic hydroxyl groups excluding tert-OH is 2. The van der Waals surface area contributed by atoms with E-state index in [1.54, 1.807) is 6.92 Å². The smallest absolute Gasteiger partial charge is 0.303 e. The highest BCUT2D eigenvalue weighted by Gasteiger charge is 2.00. The number of rotatable bonds is 14. The zero-order chi connectivity index (χ0) is 16.6. The molecular weight excluding hydrogens is 280 g/mol. The molecule has 4 heteroatoms. The molecule has 3 N–H and O–H groups in total. The Morgan fingerprint density at radius 2 is 1.68 bits per heavy atom. The van der Waals surface area contributed by atoms with E-state index in [4.69, 9.17) is 10.2 Å². The largest absolute Gasteiger partial charge is 0.481 e. The van der Waals surface area contributed by atoms with Crippen molar-refractivity contribution in [2.24, 2.45) is 0 Å². The Morgan fingerprint density at radius 1 is 0.955 bits per heavy atom. The molecule has 0 saturated carbocycles. The Morgan fingerprint density at radius 3 is 2.36 bits per heavy atom. The van der Waals surface area contributed by atoms with Crippen LogP contribution in [0.5, 0.6) is 0 Å². The van der Waals surface area contributed by atoms with Crippen LogP contribution in [0.15, 0.2) is 24.3 Å². The number of carboxylic acid groups (broad SMARTS) is 1. The molecule has 2 unspecified atom stereocenters. The third kappa shape index (κ3) is 16.9. The average Bonchev–Trinajstić information content (AvgIpc) is 2.44. The first kappa shape index (κ1) is 20.9. The molecular formula is C18H32O4. The highest BCUT2D eigenvalue weighted by molar-refractivity contribution is 5.66. The van der Waals surface area contributed by atoms with Crippen molar-refractivity contribution in [3.05, 3.63) is 24.3 Å². The minimum absolute atomic E-state index is 0.215. The van der Waals surface area contributed by atoms with E-state index >= 15 is 0 Å². The molecule has 0 heterocycles. The molecule has 0 rings (SSSR count). The number of unbranched alkanes of at least 4 members (excludes halogenated alkanes) is 4. The fourth-order valence-corrected chi connectivity index (χ4v) is 2.14. The first-order valence-corrected chi connectivity index (χ1v) is 8.42. The summed E-state index contributed by atoms with van der Waals surface area (Å²) >= 11 is 0. The van der Waals surface area contributed by atoms with Crippen LogP contribution in [0.3, 0.4) is 0 Å². The summed E-state index contributed by atoms with van der Waals surface area (Å²) in [5, 5.41) is 27.4. The van der Waals surface area contributed by atoms with Crippen molar-refractivity contribution in [3.8, 4) is 0 Å². The first-order valence-electron chi connectivity index (χ1n) is 8.42. The van der Waals surface area contributed by atoms with Crippen molar-refractivity contribution in [2.75, 3.05) is 0 Å². The van der Waals surface area contributed by atoms with E-state index in [0.29, 0.717) is 0 Å². The van der Waals surface area contributed by atoms with E-state index in [0.717, 1.165) is 57.8 Å². The highest BCUT2D eigenvalue weighted by Crippen LogP contribution is 2.08. The van der Waals surface area contributed by atoms with Crippen LogP contribution in [0.2, 0.25) is 0 Å². The van der Waals surface area contributed by atoms with E-state index in [1.807, 2.05) is 12.2 Å². The standard InChI is InChI=1S/C18H32O4/c1-16(19)12-8-4-2-3-5-9-13-17(20)14-10-6-7-11-15-18(21)22/h2-3,9,13,16-17,19-20H,4-8,10-12,14-15H2,1H3,(H,21,22)/b3-2-,13-9-. The van der Waals surface area contributed by atoms with Gasteiger partial charge in [-0.05, 0) is 45.4 Å². The Kier molecular flexibility index (Phi) is 14.0. The number of aliphatic carboxylic acids is 1. The van der Waals surface area contributed by atoms with Gasteiger partial charge in [-0.3, -0.25) is 4.79 Å². The molecule has 0 aliphatic rings. The fraction of sp³-hybridized carbons (Fsp3) is 0.722. The molecule has 0 spiro atoms. The Labute approximate surface area is 134 Å². The summed E-state index contributed by atoms with van der Waals surface area (Å²) in [5.74, 6) is -0.734. The molecule has 0 amide bonds. The van der Waals surface area contributed by atoms with Crippen molar-refractivity contribution in [2.45, 2.75) is 83.3 Å². The second kappa shape index (κ2) is 14.8. The van der Waals surface area contributed by atoms with Gasteiger partial charge in [-0.1, -0.05) is 43.6 Å². The van der Waals surface area contributed by atoms with Gasteiger partial charge in [0.15, 0.2) is 0 Å². The zero-order valence-corrected chi connectivity index (χ0v) is 13.8. The topological polar surface area (TPSA) is 77.8 Å². The molecule has 128 valence electrons. The van der Waals surface area contributed by atoms with E-state index < -0.39 is 12.1 Å². The minimum Gasteiger partial charge on any atom is -0.481 e. The summed E-state index contributed by atoms with van der Waals surface area (Å²) in [6.07, 6.45) is 15.6. The molecule has 0 aromatic rings. The Balaban J connectivity index is 3.44. The van der Waals surface area contributed by atoms with Crippen LogP contribution in [0.25, 0.3) is 0 Å². The SMILES string of the molecule is CC(O)CCC/C=C\C/C=C\C(O)CCCCCCC(=O)O. The van der Waals surface area contributed by atoms with E-state index in [1.165, 1.54) is 0 Å². The van der Waals surface area contributed by atoms with Gasteiger partial charge >= 0.3 is 5.97 Å². The lowest BCUT2D eigenvalue weighted by Crippen LogP contribution is -2.01. The maximum absolute atomic E-state index is 10.3. The van der Waals surface area contributed by atoms with Crippen LogP contribution in [-0.4, -0.2) is 33.5 Å². The minimum atomic E-state index is -0.734. The third-order valence-corrected chi connectivity index (χ3v) is 3.43. The molecule has 0 aromatic heterocycles. The summed E-state index contributed by atoms with van der Waals surface area (Å²) in [7, 11) is 0. The van der Waals surface area contributed by atoms with E-state index in [9.17, 15) is 9.90 Å². The molecule has 0 aliphatic heterocycles. The van der Waals surface area contributed by atoms with Gasteiger partial charge in [0.25, 0.3) is 0 Å². The maximum Gasteiger partial charge on any atom is 0.303 e. The maximum atomic E-state index is 10.3. The monoisotopic (exact) mass is 312 g/mol. The second-order valence-electron chi connectivity index (χ2n) is 5.83. The van der Waals surface area contributed by atoms with Crippen LogP contribution in [0.1, 0.15) is 71.1 Å². The van der Waals surface area contributed by atoms with Gasteiger partial charge in [-0.2, -0.15) is 0 Å². The van der Waals surface area contributed by atoms with Gasteiger partial charge in [-0.15, -0.1) is 0 Å². The van der Waals surface area contributed by atoms with E-state index in [2.05, 4.69) is 12.2 Å². The van der Waals surface area contributed by atoms with Crippen molar-refractivity contribution < 1.29 is 20.1 Å². The molecule has 0 aliphatic carbocycles. The Bertz CT molecular complexity index is 321. The van der Waals surface area contributed by atoms with Crippen LogP contribution in [-0.2, 0) is 4.79 Å². The van der Waals surface area contributed by atoms with Crippen LogP contribution in [0.4, 0.5) is 0 Å².